The minimum absolute atomic E-state index is 0.455. The van der Waals surface area contributed by atoms with Gasteiger partial charge in [0.15, 0.2) is 6.04 Å². The van der Waals surface area contributed by atoms with Gasteiger partial charge in [0.05, 0.1) is 13.2 Å². The number of aliphatic hydroxyl groups excluding tert-OH is 1. The maximum absolute atomic E-state index is 11.4. The Morgan fingerprint density at radius 2 is 1.40 bits per heavy atom. The van der Waals surface area contributed by atoms with Gasteiger partial charge in [0.1, 0.15) is 0 Å². The third-order valence-corrected chi connectivity index (χ3v) is 4.59. The number of methoxy groups -OCH3 is 1. The Hall–Kier alpha value is -1.26. The molecule has 0 aromatic carbocycles. The van der Waals surface area contributed by atoms with E-state index in [0.29, 0.717) is 6.42 Å². The fourth-order valence-corrected chi connectivity index (χ4v) is 2.99. The van der Waals surface area contributed by atoms with E-state index in [9.17, 15) is 9.90 Å². The van der Waals surface area contributed by atoms with Crippen LogP contribution >= 0.6 is 0 Å². The van der Waals surface area contributed by atoms with Crippen LogP contribution in [0.4, 0.5) is 0 Å². The molecule has 6 nitrogen and oxygen atoms in total. The van der Waals surface area contributed by atoms with Gasteiger partial charge in [-0.1, -0.05) is 95.5 Å². The highest BCUT2D eigenvalue weighted by Crippen LogP contribution is 2.15. The van der Waals surface area contributed by atoms with Gasteiger partial charge in [-0.05, 0) is 12.0 Å². The van der Waals surface area contributed by atoms with Gasteiger partial charge in [0, 0.05) is 4.91 Å². The van der Waals surface area contributed by atoms with Gasteiger partial charge in [-0.3, -0.25) is 4.79 Å². The lowest BCUT2D eigenvalue weighted by Gasteiger charge is -2.15. The van der Waals surface area contributed by atoms with Crippen LogP contribution in [0.2, 0.25) is 0 Å². The van der Waals surface area contributed by atoms with Gasteiger partial charge in [0.2, 0.25) is 0 Å². The molecule has 0 amide bonds. The topological polar surface area (TPSA) is 95.3 Å². The van der Waals surface area contributed by atoms with E-state index in [-0.39, 0.29) is 0 Å². The largest absolute Gasteiger partial charge is 0.469 e. The Morgan fingerprint density at radius 3 is 1.80 bits per heavy atom. The summed E-state index contributed by atoms with van der Waals surface area (Å²) >= 11 is 0. The number of esters is 1. The molecule has 0 saturated heterocycles. The average Bonchev–Trinajstić information content (AvgIpc) is 2.62. The van der Waals surface area contributed by atoms with E-state index in [4.69, 9.17) is 5.53 Å². The van der Waals surface area contributed by atoms with Crippen LogP contribution < -0.4 is 0 Å². The molecule has 0 radical (unpaired) electrons. The lowest BCUT2D eigenvalue weighted by atomic mass is 10.0. The summed E-state index contributed by atoms with van der Waals surface area (Å²) in [5, 5.41) is 13.3. The lowest BCUT2D eigenvalue weighted by Crippen LogP contribution is -2.33. The zero-order chi connectivity index (χ0) is 18.8. The van der Waals surface area contributed by atoms with Crippen molar-refractivity contribution in [1.29, 1.82) is 0 Å². The van der Waals surface area contributed by atoms with Gasteiger partial charge in [-0.25, -0.2) is 0 Å². The van der Waals surface area contributed by atoms with Crippen LogP contribution in [-0.2, 0) is 9.53 Å². The molecule has 0 spiro atoms. The number of hydrogen-bond acceptors (Lipinski definition) is 4. The molecule has 0 aliphatic rings. The minimum Gasteiger partial charge on any atom is -0.469 e. The van der Waals surface area contributed by atoms with Crippen molar-refractivity contribution >= 4 is 5.97 Å². The monoisotopic (exact) mass is 355 g/mol. The van der Waals surface area contributed by atoms with E-state index < -0.39 is 18.1 Å². The number of nitrogens with zero attached hydrogens (tertiary/aromatic N) is 3. The van der Waals surface area contributed by atoms with Crippen molar-refractivity contribution in [2.75, 3.05) is 7.11 Å². The van der Waals surface area contributed by atoms with Gasteiger partial charge in [-0.2, -0.15) is 0 Å². The maximum atomic E-state index is 11.4. The molecule has 0 aliphatic carbocycles. The zero-order valence-corrected chi connectivity index (χ0v) is 16.2. The van der Waals surface area contributed by atoms with E-state index >= 15 is 0 Å². The molecule has 2 atom stereocenters. The van der Waals surface area contributed by atoms with E-state index in [0.717, 1.165) is 19.3 Å². The molecule has 146 valence electrons. The fourth-order valence-electron chi connectivity index (χ4n) is 2.99. The third-order valence-electron chi connectivity index (χ3n) is 4.59. The smallest absolute Gasteiger partial charge is 0.317 e. The van der Waals surface area contributed by atoms with E-state index in [2.05, 4.69) is 21.7 Å². The van der Waals surface area contributed by atoms with E-state index in [1.807, 2.05) is 0 Å². The van der Waals surface area contributed by atoms with Crippen LogP contribution in [0.1, 0.15) is 96.8 Å². The first-order valence-electron chi connectivity index (χ1n) is 9.97. The second-order valence-corrected chi connectivity index (χ2v) is 6.77. The van der Waals surface area contributed by atoms with Gasteiger partial charge >= 0.3 is 5.97 Å². The van der Waals surface area contributed by atoms with Gasteiger partial charge in [0.25, 0.3) is 0 Å². The highest BCUT2D eigenvalue weighted by atomic mass is 16.5. The molecular formula is C19H37N3O3. The molecule has 0 bridgehead atoms. The third kappa shape index (κ3) is 13.7. The number of ether oxygens (including phenoxy) is 1. The standard InChI is InChI=1S/C19H37N3O3/c1-3-4-5-6-7-8-9-10-11-12-13-14-15-16-17(23)18(21-22-20)19(24)25-2/h17-18,23H,3-16H2,1-2H3/t17-,18-/m1/s1. The van der Waals surface area contributed by atoms with Gasteiger partial charge < -0.3 is 9.84 Å². The Balaban J connectivity index is 3.51. The van der Waals surface area contributed by atoms with Gasteiger partial charge in [-0.15, -0.1) is 0 Å². The Labute approximate surface area is 153 Å². The van der Waals surface area contributed by atoms with Crippen LogP contribution in [0.3, 0.4) is 0 Å². The number of unbranched alkanes of at least 4 members (excludes halogenated alkanes) is 12. The molecule has 6 heteroatoms. The number of aliphatic hydroxyl groups is 1. The first-order valence-corrected chi connectivity index (χ1v) is 9.97. The van der Waals surface area contributed by atoms with Crippen molar-refractivity contribution in [3.8, 4) is 0 Å². The Morgan fingerprint density at radius 1 is 0.960 bits per heavy atom. The summed E-state index contributed by atoms with van der Waals surface area (Å²) in [6.45, 7) is 2.25. The minimum atomic E-state index is -1.13. The molecule has 0 fully saturated rings. The summed E-state index contributed by atoms with van der Waals surface area (Å²) in [5.41, 5.74) is 8.45. The maximum Gasteiger partial charge on any atom is 0.317 e. The summed E-state index contributed by atoms with van der Waals surface area (Å²) in [4.78, 5) is 14.0. The summed E-state index contributed by atoms with van der Waals surface area (Å²) < 4.78 is 4.54. The predicted molar refractivity (Wildman–Crippen MR) is 101 cm³/mol. The van der Waals surface area contributed by atoms with Crippen molar-refractivity contribution < 1.29 is 14.6 Å². The number of hydrogen-bond donors (Lipinski definition) is 1. The molecule has 0 aliphatic heterocycles. The van der Waals surface area contributed by atoms with E-state index in [1.54, 1.807) is 0 Å². The van der Waals surface area contributed by atoms with Crippen molar-refractivity contribution in [3.63, 3.8) is 0 Å². The summed E-state index contributed by atoms with van der Waals surface area (Å²) in [5.74, 6) is -0.681. The Bertz CT molecular complexity index is 371. The quantitative estimate of drug-likeness (QED) is 0.119. The lowest BCUT2D eigenvalue weighted by molar-refractivity contribution is -0.144. The van der Waals surface area contributed by atoms with Crippen LogP contribution in [0.25, 0.3) is 10.4 Å². The highest BCUT2D eigenvalue weighted by Gasteiger charge is 2.25. The number of rotatable bonds is 17. The predicted octanol–water partition coefficient (Wildman–Crippen LogP) is 5.68. The van der Waals surface area contributed by atoms with Crippen molar-refractivity contribution in [2.45, 2.75) is 109 Å². The SMILES string of the molecule is CCCCCCCCCCCCCCC[C@@H](O)[C@@H](N=[N+]=[N-])C(=O)OC. The molecule has 0 rings (SSSR count). The summed E-state index contributed by atoms with van der Waals surface area (Å²) in [7, 11) is 1.22. The molecular weight excluding hydrogens is 318 g/mol. The molecule has 25 heavy (non-hydrogen) atoms. The molecule has 0 unspecified atom stereocenters. The molecule has 0 heterocycles. The molecule has 0 aromatic heterocycles. The van der Waals surface area contributed by atoms with Crippen LogP contribution in [-0.4, -0.2) is 30.3 Å². The molecule has 0 saturated carbocycles. The van der Waals surface area contributed by atoms with Crippen molar-refractivity contribution in [2.24, 2.45) is 5.11 Å². The van der Waals surface area contributed by atoms with Crippen molar-refractivity contribution in [1.82, 2.24) is 0 Å². The summed E-state index contributed by atoms with van der Waals surface area (Å²) in [6, 6.07) is -1.13. The number of carbonyl (C=O) groups excluding carboxylic acids is 1. The highest BCUT2D eigenvalue weighted by molar-refractivity contribution is 5.76. The van der Waals surface area contributed by atoms with Crippen LogP contribution in [0.15, 0.2) is 5.11 Å². The van der Waals surface area contributed by atoms with Crippen LogP contribution in [0, 0.1) is 0 Å². The average molecular weight is 356 g/mol. The number of carbonyl (C=O) groups is 1. The summed E-state index contributed by atoms with van der Waals surface area (Å²) in [6.07, 6.45) is 15.9. The number of azide groups is 1. The zero-order valence-electron chi connectivity index (χ0n) is 16.2. The normalized spacial score (nSPS) is 13.1. The molecule has 0 aromatic rings. The Kier molecular flexibility index (Phi) is 16.7. The van der Waals surface area contributed by atoms with Crippen molar-refractivity contribution in [3.05, 3.63) is 10.4 Å². The second-order valence-electron chi connectivity index (χ2n) is 6.77. The van der Waals surface area contributed by atoms with E-state index in [1.165, 1.54) is 71.3 Å². The first kappa shape index (κ1) is 23.7. The fraction of sp³-hybridized carbons (Fsp3) is 0.947. The second kappa shape index (κ2) is 17.6. The first-order chi connectivity index (χ1) is 12.2. The van der Waals surface area contributed by atoms with Crippen LogP contribution in [0.5, 0.6) is 0 Å². The molecule has 1 N–H and O–H groups in total.